The van der Waals surface area contributed by atoms with Crippen molar-refractivity contribution in [3.05, 3.63) is 77.7 Å². The van der Waals surface area contributed by atoms with Crippen molar-refractivity contribution in [2.45, 2.75) is 25.8 Å². The van der Waals surface area contributed by atoms with Crippen molar-refractivity contribution >= 4 is 23.7 Å². The van der Waals surface area contributed by atoms with Crippen LogP contribution in [-0.2, 0) is 11.2 Å². The van der Waals surface area contributed by atoms with Gasteiger partial charge in [0.25, 0.3) is 5.91 Å². The van der Waals surface area contributed by atoms with Crippen LogP contribution in [0.3, 0.4) is 0 Å². The molecule has 1 aromatic heterocycles. The summed E-state index contributed by atoms with van der Waals surface area (Å²) >= 11 is 0. The number of nitrogens with two attached hydrogens (primary N) is 1. The predicted molar refractivity (Wildman–Crippen MR) is 122 cm³/mol. The van der Waals surface area contributed by atoms with Crippen molar-refractivity contribution in [1.29, 1.82) is 0 Å². The zero-order valence-electron chi connectivity index (χ0n) is 17.9. The average Bonchev–Trinajstić information content (AvgIpc) is 2.79. The van der Waals surface area contributed by atoms with Gasteiger partial charge in [0, 0.05) is 12.1 Å². The lowest BCUT2D eigenvalue weighted by molar-refractivity contribution is -0.141. The Morgan fingerprint density at radius 2 is 1.61 bits per heavy atom. The predicted octanol–water partition coefficient (Wildman–Crippen LogP) is 2.88. The van der Waals surface area contributed by atoms with E-state index >= 15 is 0 Å². The lowest BCUT2D eigenvalue weighted by Crippen LogP contribution is -2.39. The normalized spacial score (nSPS) is 12.5. The molecule has 3 rings (SSSR count). The van der Waals surface area contributed by atoms with Gasteiger partial charge in [0.15, 0.2) is 5.69 Å². The second-order valence-corrected chi connectivity index (χ2v) is 7.72. The lowest BCUT2D eigenvalue weighted by atomic mass is 9.95. The number of nitrogen functional groups attached to an aromatic ring is 1. The fraction of sp³-hybridized carbons (Fsp3) is 0.208. The van der Waals surface area contributed by atoms with E-state index < -0.39 is 35.5 Å². The highest BCUT2D eigenvalue weighted by Gasteiger charge is 2.23. The van der Waals surface area contributed by atoms with Gasteiger partial charge in [-0.25, -0.2) is 14.8 Å². The minimum Gasteiger partial charge on any atom is -0.481 e. The second kappa shape index (κ2) is 10.4. The first-order valence-corrected chi connectivity index (χ1v) is 10.3. The number of amides is 1. The Morgan fingerprint density at radius 1 is 0.970 bits per heavy atom. The van der Waals surface area contributed by atoms with Crippen molar-refractivity contribution < 1.29 is 24.6 Å². The Balaban J connectivity index is 1.79. The topological polar surface area (TPSA) is 156 Å². The molecule has 3 aromatic rings. The smallest absolute Gasteiger partial charge is 0.354 e. The van der Waals surface area contributed by atoms with Crippen molar-refractivity contribution in [3.63, 3.8) is 0 Å². The first kappa shape index (κ1) is 23.4. The fourth-order valence-electron chi connectivity index (χ4n) is 3.40. The molecule has 0 saturated carbocycles. The van der Waals surface area contributed by atoms with Gasteiger partial charge in [-0.1, -0.05) is 61.5 Å². The molecule has 0 saturated heterocycles. The van der Waals surface area contributed by atoms with E-state index in [1.165, 1.54) is 0 Å². The minimum atomic E-state index is -1.34. The molecular weight excluding hydrogens is 424 g/mol. The zero-order valence-corrected chi connectivity index (χ0v) is 17.9. The van der Waals surface area contributed by atoms with E-state index in [0.29, 0.717) is 6.42 Å². The van der Waals surface area contributed by atoms with Gasteiger partial charge in [0.1, 0.15) is 5.82 Å². The van der Waals surface area contributed by atoms with Gasteiger partial charge in [-0.3, -0.25) is 9.59 Å². The van der Waals surface area contributed by atoms with Crippen LogP contribution in [0.2, 0.25) is 0 Å². The zero-order chi connectivity index (χ0) is 24.0. The van der Waals surface area contributed by atoms with Gasteiger partial charge < -0.3 is 21.3 Å². The molecule has 9 nitrogen and oxygen atoms in total. The Kier molecular flexibility index (Phi) is 7.34. The van der Waals surface area contributed by atoms with Gasteiger partial charge in [-0.2, -0.15) is 0 Å². The van der Waals surface area contributed by atoms with Crippen LogP contribution in [0.1, 0.15) is 40.0 Å². The number of carbonyl (C=O) groups excluding carboxylic acids is 1. The summed E-state index contributed by atoms with van der Waals surface area (Å²) in [6.45, 7) is 1.56. The highest BCUT2D eigenvalue weighted by Crippen LogP contribution is 2.21. The minimum absolute atomic E-state index is 0.153. The molecule has 0 spiro atoms. The SMILES string of the molecule is CC(CC(Cc1ccc(-c2ccccc2)cc1)NC(=O)c1nc(N)cc(C(=O)O)n1)C(=O)O. The summed E-state index contributed by atoms with van der Waals surface area (Å²) < 4.78 is 0. The molecule has 0 bridgehead atoms. The van der Waals surface area contributed by atoms with E-state index in [9.17, 15) is 19.5 Å². The lowest BCUT2D eigenvalue weighted by Gasteiger charge is -2.21. The van der Waals surface area contributed by atoms with Gasteiger partial charge in [0.2, 0.25) is 5.82 Å². The third kappa shape index (κ3) is 6.36. The van der Waals surface area contributed by atoms with Gasteiger partial charge in [-0.15, -0.1) is 0 Å². The van der Waals surface area contributed by atoms with Crippen LogP contribution in [0.4, 0.5) is 5.82 Å². The van der Waals surface area contributed by atoms with Crippen molar-refractivity contribution in [2.24, 2.45) is 5.92 Å². The molecule has 0 aliphatic carbocycles. The fourth-order valence-corrected chi connectivity index (χ4v) is 3.40. The quantitative estimate of drug-likeness (QED) is 0.389. The molecule has 5 N–H and O–H groups in total. The molecule has 1 amide bonds. The largest absolute Gasteiger partial charge is 0.481 e. The highest BCUT2D eigenvalue weighted by molar-refractivity contribution is 5.93. The number of aromatic carboxylic acids is 1. The molecule has 0 aliphatic rings. The van der Waals surface area contributed by atoms with Crippen molar-refractivity contribution in [2.75, 3.05) is 5.73 Å². The summed E-state index contributed by atoms with van der Waals surface area (Å²) in [5.41, 5.74) is 8.20. The van der Waals surface area contributed by atoms with E-state index in [-0.39, 0.29) is 18.1 Å². The number of benzene rings is 2. The summed E-state index contributed by atoms with van der Waals surface area (Å²) in [5, 5.41) is 21.2. The Labute approximate surface area is 190 Å². The van der Waals surface area contributed by atoms with Crippen LogP contribution in [0.15, 0.2) is 60.7 Å². The Bertz CT molecular complexity index is 1150. The monoisotopic (exact) mass is 448 g/mol. The summed E-state index contributed by atoms with van der Waals surface area (Å²) in [7, 11) is 0. The maximum atomic E-state index is 12.7. The number of nitrogens with zero attached hydrogens (tertiary/aromatic N) is 2. The van der Waals surface area contributed by atoms with Gasteiger partial charge in [-0.05, 0) is 29.5 Å². The van der Waals surface area contributed by atoms with Gasteiger partial charge in [0.05, 0.1) is 5.92 Å². The van der Waals surface area contributed by atoms with E-state index in [4.69, 9.17) is 10.8 Å². The van der Waals surface area contributed by atoms with E-state index in [2.05, 4.69) is 15.3 Å². The molecule has 0 radical (unpaired) electrons. The number of aliphatic carboxylic acids is 1. The molecule has 1 heterocycles. The number of carboxylic acids is 2. The van der Waals surface area contributed by atoms with Crippen LogP contribution >= 0.6 is 0 Å². The third-order valence-electron chi connectivity index (χ3n) is 5.11. The molecule has 2 atom stereocenters. The third-order valence-corrected chi connectivity index (χ3v) is 5.11. The van der Waals surface area contributed by atoms with Gasteiger partial charge >= 0.3 is 11.9 Å². The summed E-state index contributed by atoms with van der Waals surface area (Å²) in [6, 6.07) is 18.1. The molecule has 9 heteroatoms. The molecule has 170 valence electrons. The van der Waals surface area contributed by atoms with Crippen LogP contribution < -0.4 is 11.1 Å². The van der Waals surface area contributed by atoms with E-state index in [1.54, 1.807) is 6.92 Å². The maximum absolute atomic E-state index is 12.7. The average molecular weight is 448 g/mol. The number of nitrogens with one attached hydrogen (secondary N) is 1. The first-order chi connectivity index (χ1) is 15.7. The number of rotatable bonds is 9. The Hall–Kier alpha value is -4.27. The Morgan fingerprint density at radius 3 is 2.21 bits per heavy atom. The maximum Gasteiger partial charge on any atom is 0.354 e. The number of anilines is 1. The molecule has 0 fully saturated rings. The van der Waals surface area contributed by atoms with Crippen LogP contribution in [0.25, 0.3) is 11.1 Å². The number of hydrogen-bond donors (Lipinski definition) is 4. The van der Waals surface area contributed by atoms with Crippen molar-refractivity contribution in [1.82, 2.24) is 15.3 Å². The summed E-state index contributed by atoms with van der Waals surface area (Å²) in [4.78, 5) is 42.9. The molecule has 2 unspecified atom stereocenters. The molecule has 33 heavy (non-hydrogen) atoms. The number of hydrogen-bond acceptors (Lipinski definition) is 6. The van der Waals surface area contributed by atoms with E-state index in [1.807, 2.05) is 54.6 Å². The highest BCUT2D eigenvalue weighted by atomic mass is 16.4. The summed E-state index contributed by atoms with van der Waals surface area (Å²) in [5.74, 6) is -4.31. The number of carbonyl (C=O) groups is 3. The van der Waals surface area contributed by atoms with E-state index in [0.717, 1.165) is 22.8 Å². The van der Waals surface area contributed by atoms with Crippen LogP contribution in [0.5, 0.6) is 0 Å². The first-order valence-electron chi connectivity index (χ1n) is 10.3. The second-order valence-electron chi connectivity index (χ2n) is 7.72. The molecular formula is C24H24N4O5. The number of aromatic nitrogens is 2. The van der Waals surface area contributed by atoms with Crippen LogP contribution in [0, 0.1) is 5.92 Å². The number of carboxylic acid groups (broad SMARTS) is 2. The standard InChI is InChI=1S/C24H24N4O5/c1-14(23(30)31)11-18(26-22(29)21-27-19(24(32)33)13-20(25)28-21)12-15-7-9-17(10-8-15)16-5-3-2-4-6-16/h2-10,13-14,18H,11-12H2,1H3,(H,26,29)(H,30,31)(H,32,33)(H2,25,27,28). The molecule has 0 aliphatic heterocycles. The molecule has 2 aromatic carbocycles. The van der Waals surface area contributed by atoms with Crippen molar-refractivity contribution in [3.8, 4) is 11.1 Å². The van der Waals surface area contributed by atoms with Crippen LogP contribution in [-0.4, -0.2) is 44.1 Å². The summed E-state index contributed by atoms with van der Waals surface area (Å²) in [6.07, 6.45) is 0.530.